The summed E-state index contributed by atoms with van der Waals surface area (Å²) in [5.41, 5.74) is 2.78. The maximum absolute atomic E-state index is 13.2. The van der Waals surface area contributed by atoms with Crippen LogP contribution in [0.2, 0.25) is 4.34 Å². The van der Waals surface area contributed by atoms with Gasteiger partial charge in [-0.2, -0.15) is 0 Å². The molecule has 1 heterocycles. The van der Waals surface area contributed by atoms with E-state index in [0.717, 1.165) is 25.9 Å². The molecule has 90 valence electrons. The van der Waals surface area contributed by atoms with Crippen molar-refractivity contribution in [3.05, 3.63) is 56.0 Å². The predicted molar refractivity (Wildman–Crippen MR) is 72.9 cm³/mol. The minimum Gasteiger partial charge on any atom is -0.207 e. The maximum atomic E-state index is 13.2. The first kappa shape index (κ1) is 12.9. The SMILES string of the molecule is Cc1ccc(F)cc1C(Cl)c1cc(C)c(Cl)s1. The van der Waals surface area contributed by atoms with Crippen LogP contribution in [-0.4, -0.2) is 0 Å². The number of hydrogen-bond acceptors (Lipinski definition) is 1. The van der Waals surface area contributed by atoms with Crippen LogP contribution < -0.4 is 0 Å². The average Bonchev–Trinajstić information content (AvgIpc) is 2.62. The normalized spacial score (nSPS) is 12.8. The molecule has 1 unspecified atom stereocenters. The van der Waals surface area contributed by atoms with Gasteiger partial charge in [-0.25, -0.2) is 4.39 Å². The largest absolute Gasteiger partial charge is 0.207 e. The Balaban J connectivity index is 2.42. The predicted octanol–water partition coefficient (Wildman–Crippen LogP) is 5.49. The number of hydrogen-bond donors (Lipinski definition) is 0. The Labute approximate surface area is 114 Å². The lowest BCUT2D eigenvalue weighted by Gasteiger charge is -2.11. The van der Waals surface area contributed by atoms with Crippen molar-refractivity contribution in [3.8, 4) is 0 Å². The molecule has 4 heteroatoms. The van der Waals surface area contributed by atoms with E-state index in [1.807, 2.05) is 19.9 Å². The van der Waals surface area contributed by atoms with Gasteiger partial charge in [-0.1, -0.05) is 17.7 Å². The maximum Gasteiger partial charge on any atom is 0.123 e. The number of halogens is 3. The van der Waals surface area contributed by atoms with Crippen LogP contribution >= 0.6 is 34.5 Å². The van der Waals surface area contributed by atoms with Gasteiger partial charge in [0.2, 0.25) is 0 Å². The average molecular weight is 289 g/mol. The molecular formula is C13H11Cl2FS. The molecule has 0 aliphatic carbocycles. The Kier molecular flexibility index (Phi) is 3.76. The molecule has 1 atom stereocenters. The van der Waals surface area contributed by atoms with Gasteiger partial charge in [0, 0.05) is 4.88 Å². The lowest BCUT2D eigenvalue weighted by atomic mass is 10.0. The van der Waals surface area contributed by atoms with Crippen molar-refractivity contribution in [1.29, 1.82) is 0 Å². The zero-order valence-electron chi connectivity index (χ0n) is 9.43. The summed E-state index contributed by atoms with van der Waals surface area (Å²) in [7, 11) is 0. The smallest absolute Gasteiger partial charge is 0.123 e. The first-order chi connectivity index (χ1) is 7.99. The van der Waals surface area contributed by atoms with Crippen LogP contribution in [0.5, 0.6) is 0 Å². The molecule has 0 fully saturated rings. The monoisotopic (exact) mass is 288 g/mol. The molecule has 2 rings (SSSR count). The summed E-state index contributed by atoms with van der Waals surface area (Å²) < 4.78 is 14.0. The van der Waals surface area contributed by atoms with Gasteiger partial charge < -0.3 is 0 Å². The summed E-state index contributed by atoms with van der Waals surface area (Å²) in [6, 6.07) is 6.61. The molecule has 1 aromatic carbocycles. The third-order valence-corrected chi connectivity index (χ3v) is 4.86. The van der Waals surface area contributed by atoms with Crippen molar-refractivity contribution in [2.24, 2.45) is 0 Å². The van der Waals surface area contributed by atoms with Gasteiger partial charge in [0.1, 0.15) is 5.82 Å². The fourth-order valence-corrected chi connectivity index (χ4v) is 3.29. The van der Waals surface area contributed by atoms with Crippen LogP contribution in [0.4, 0.5) is 4.39 Å². The Morgan fingerprint density at radius 3 is 2.47 bits per heavy atom. The van der Waals surface area contributed by atoms with Gasteiger partial charge in [-0.15, -0.1) is 22.9 Å². The minimum absolute atomic E-state index is 0.268. The molecule has 0 aliphatic heterocycles. The van der Waals surface area contributed by atoms with Crippen molar-refractivity contribution in [3.63, 3.8) is 0 Å². The summed E-state index contributed by atoms with van der Waals surface area (Å²) in [4.78, 5) is 0.947. The van der Waals surface area contributed by atoms with E-state index in [-0.39, 0.29) is 11.2 Å². The van der Waals surface area contributed by atoms with Crippen LogP contribution in [0.3, 0.4) is 0 Å². The van der Waals surface area contributed by atoms with Crippen molar-refractivity contribution < 1.29 is 4.39 Å². The summed E-state index contributed by atoms with van der Waals surface area (Å²) in [6.45, 7) is 3.86. The molecule has 1 aromatic heterocycles. The van der Waals surface area contributed by atoms with Gasteiger partial charge >= 0.3 is 0 Å². The second-order valence-corrected chi connectivity index (χ2v) is 6.09. The van der Waals surface area contributed by atoms with E-state index in [9.17, 15) is 4.39 Å². The van der Waals surface area contributed by atoms with Gasteiger partial charge in [0.05, 0.1) is 9.71 Å². The second kappa shape index (κ2) is 4.97. The molecule has 0 spiro atoms. The number of benzene rings is 1. The van der Waals surface area contributed by atoms with E-state index >= 15 is 0 Å². The zero-order chi connectivity index (χ0) is 12.6. The van der Waals surface area contributed by atoms with Crippen molar-refractivity contribution in [2.45, 2.75) is 19.2 Å². The van der Waals surface area contributed by atoms with E-state index in [1.54, 1.807) is 6.07 Å². The Hall–Kier alpha value is -0.570. The highest BCUT2D eigenvalue weighted by Crippen LogP contribution is 2.38. The molecule has 0 nitrogen and oxygen atoms in total. The zero-order valence-corrected chi connectivity index (χ0v) is 11.8. The number of aryl methyl sites for hydroxylation is 2. The van der Waals surface area contributed by atoms with Crippen LogP contribution in [-0.2, 0) is 0 Å². The molecule has 0 bridgehead atoms. The van der Waals surface area contributed by atoms with Crippen LogP contribution in [0.25, 0.3) is 0 Å². The van der Waals surface area contributed by atoms with Crippen molar-refractivity contribution >= 4 is 34.5 Å². The molecule has 0 radical (unpaired) electrons. The summed E-state index contributed by atoms with van der Waals surface area (Å²) in [6.07, 6.45) is 0. The highest BCUT2D eigenvalue weighted by Gasteiger charge is 2.17. The van der Waals surface area contributed by atoms with E-state index in [2.05, 4.69) is 0 Å². The Morgan fingerprint density at radius 2 is 1.88 bits per heavy atom. The number of alkyl halides is 1. The molecule has 0 aliphatic rings. The minimum atomic E-state index is -0.345. The molecule has 0 amide bonds. The van der Waals surface area contributed by atoms with Crippen molar-refractivity contribution in [1.82, 2.24) is 0 Å². The van der Waals surface area contributed by atoms with E-state index in [0.29, 0.717) is 0 Å². The van der Waals surface area contributed by atoms with Crippen molar-refractivity contribution in [2.75, 3.05) is 0 Å². The summed E-state index contributed by atoms with van der Waals surface area (Å²) in [5.74, 6) is -0.268. The van der Waals surface area contributed by atoms with E-state index < -0.39 is 0 Å². The molecule has 0 N–H and O–H groups in total. The fourth-order valence-electron chi connectivity index (χ4n) is 1.65. The summed E-state index contributed by atoms with van der Waals surface area (Å²) >= 11 is 13.8. The Bertz CT molecular complexity index is 529. The lowest BCUT2D eigenvalue weighted by Crippen LogP contribution is -1.95. The van der Waals surface area contributed by atoms with Crippen LogP contribution in [0, 0.1) is 19.7 Å². The Morgan fingerprint density at radius 1 is 1.18 bits per heavy atom. The van der Waals surface area contributed by atoms with E-state index in [4.69, 9.17) is 23.2 Å². The fraction of sp³-hybridized carbons (Fsp3) is 0.231. The van der Waals surface area contributed by atoms with E-state index in [1.165, 1.54) is 23.5 Å². The first-order valence-electron chi connectivity index (χ1n) is 5.15. The second-order valence-electron chi connectivity index (χ2n) is 3.97. The molecule has 0 saturated carbocycles. The number of rotatable bonds is 2. The standard InChI is InChI=1S/C13H11Cl2FS/c1-7-3-4-9(16)6-10(7)12(14)11-5-8(2)13(15)17-11/h3-6,12H,1-2H3. The molecular weight excluding hydrogens is 278 g/mol. The van der Waals surface area contributed by atoms with Gasteiger partial charge in [-0.3, -0.25) is 0 Å². The highest BCUT2D eigenvalue weighted by atomic mass is 35.5. The lowest BCUT2D eigenvalue weighted by molar-refractivity contribution is 0.625. The summed E-state index contributed by atoms with van der Waals surface area (Å²) in [5, 5.41) is -0.345. The number of thiophene rings is 1. The van der Waals surface area contributed by atoms with Crippen LogP contribution in [0.1, 0.15) is 26.9 Å². The molecule has 2 aromatic rings. The molecule has 17 heavy (non-hydrogen) atoms. The van der Waals surface area contributed by atoms with Crippen LogP contribution in [0.15, 0.2) is 24.3 Å². The van der Waals surface area contributed by atoms with Gasteiger partial charge in [0.15, 0.2) is 0 Å². The third-order valence-electron chi connectivity index (χ3n) is 2.64. The van der Waals surface area contributed by atoms with Gasteiger partial charge in [0.25, 0.3) is 0 Å². The molecule has 0 saturated heterocycles. The quantitative estimate of drug-likeness (QED) is 0.642. The topological polar surface area (TPSA) is 0 Å². The van der Waals surface area contributed by atoms with Gasteiger partial charge in [-0.05, 0) is 48.7 Å². The third kappa shape index (κ3) is 2.65. The highest BCUT2D eigenvalue weighted by molar-refractivity contribution is 7.16. The first-order valence-corrected chi connectivity index (χ1v) is 6.78.